The van der Waals surface area contributed by atoms with E-state index in [2.05, 4.69) is 9.98 Å². The van der Waals surface area contributed by atoms with Crippen LogP contribution in [0.1, 0.15) is 26.3 Å². The second-order valence-corrected chi connectivity index (χ2v) is 2.05. The predicted molar refractivity (Wildman–Crippen MR) is 54.1 cm³/mol. The van der Waals surface area contributed by atoms with Crippen LogP contribution >= 0.6 is 0 Å². The van der Waals surface area contributed by atoms with Crippen molar-refractivity contribution in [2.24, 2.45) is 4.99 Å². The second kappa shape index (κ2) is 6.53. The van der Waals surface area contributed by atoms with Gasteiger partial charge in [0.1, 0.15) is 0 Å². The molecule has 1 aromatic heterocycles. The van der Waals surface area contributed by atoms with Crippen LogP contribution in [-0.2, 0) is 0 Å². The molecule has 0 bridgehead atoms. The van der Waals surface area contributed by atoms with Gasteiger partial charge < -0.3 is 0 Å². The molecule has 0 amide bonds. The normalized spacial score (nSPS) is 9.33. The standard InChI is InChI=1S/C8H10N2.C2H6/c1-3-10-8-6-9-5-4-7(8)2;1-2/h3-6H,1-2H3;1-2H3. The number of aromatic nitrogens is 1. The zero-order valence-corrected chi connectivity index (χ0v) is 8.20. The average molecular weight is 164 g/mol. The molecule has 2 heteroatoms. The highest BCUT2D eigenvalue weighted by molar-refractivity contribution is 5.61. The maximum Gasteiger partial charge on any atom is 0.0837 e. The van der Waals surface area contributed by atoms with Gasteiger partial charge in [0.2, 0.25) is 0 Å². The van der Waals surface area contributed by atoms with E-state index in [1.165, 1.54) is 0 Å². The maximum absolute atomic E-state index is 4.12. The number of aryl methyl sites for hydroxylation is 1. The summed E-state index contributed by atoms with van der Waals surface area (Å²) in [6, 6.07) is 1.95. The monoisotopic (exact) mass is 164 g/mol. The Hall–Kier alpha value is -1.18. The Labute approximate surface area is 74.4 Å². The number of pyridine rings is 1. The lowest BCUT2D eigenvalue weighted by Crippen LogP contribution is -1.75. The van der Waals surface area contributed by atoms with E-state index in [1.54, 1.807) is 18.6 Å². The smallest absolute Gasteiger partial charge is 0.0837 e. The molecule has 0 fully saturated rings. The SMILES string of the molecule is CC.CC=Nc1cnccc1C. The molecule has 1 aromatic rings. The van der Waals surface area contributed by atoms with Gasteiger partial charge in [-0.1, -0.05) is 13.8 Å². The van der Waals surface area contributed by atoms with Crippen molar-refractivity contribution in [3.63, 3.8) is 0 Å². The summed E-state index contributed by atoms with van der Waals surface area (Å²) in [5.41, 5.74) is 2.11. The fourth-order valence-corrected chi connectivity index (χ4v) is 0.730. The molecule has 0 radical (unpaired) electrons. The first kappa shape index (κ1) is 10.8. The summed E-state index contributed by atoms with van der Waals surface area (Å²) in [6.07, 6.45) is 5.30. The molecule has 0 aromatic carbocycles. The first-order valence-electron chi connectivity index (χ1n) is 4.24. The first-order valence-corrected chi connectivity index (χ1v) is 4.24. The summed E-state index contributed by atoms with van der Waals surface area (Å²) in [5.74, 6) is 0. The summed E-state index contributed by atoms with van der Waals surface area (Å²) >= 11 is 0. The predicted octanol–water partition coefficient (Wildman–Crippen LogP) is 3.14. The number of aliphatic imine (C=N–C) groups is 1. The zero-order valence-electron chi connectivity index (χ0n) is 8.20. The fourth-order valence-electron chi connectivity index (χ4n) is 0.730. The van der Waals surface area contributed by atoms with Crippen LogP contribution in [0.2, 0.25) is 0 Å². The Balaban J connectivity index is 0.000000561. The molecule has 0 unspecified atom stereocenters. The van der Waals surface area contributed by atoms with Crippen LogP contribution in [0.15, 0.2) is 23.5 Å². The van der Waals surface area contributed by atoms with Crippen molar-refractivity contribution in [2.75, 3.05) is 0 Å². The highest BCUT2D eigenvalue weighted by Crippen LogP contribution is 2.13. The Morgan fingerprint density at radius 2 is 2.08 bits per heavy atom. The summed E-state index contributed by atoms with van der Waals surface area (Å²) in [7, 11) is 0. The first-order chi connectivity index (χ1) is 5.84. The third-order valence-electron chi connectivity index (χ3n) is 1.28. The number of rotatable bonds is 1. The van der Waals surface area contributed by atoms with Gasteiger partial charge in [-0.3, -0.25) is 9.98 Å². The summed E-state index contributed by atoms with van der Waals surface area (Å²) < 4.78 is 0. The maximum atomic E-state index is 4.12. The third kappa shape index (κ3) is 3.28. The minimum absolute atomic E-state index is 0.949. The van der Waals surface area contributed by atoms with Crippen LogP contribution in [-0.4, -0.2) is 11.2 Å². The largest absolute Gasteiger partial charge is 0.262 e. The van der Waals surface area contributed by atoms with Gasteiger partial charge in [-0.05, 0) is 25.5 Å². The van der Waals surface area contributed by atoms with Crippen LogP contribution in [0.25, 0.3) is 0 Å². The summed E-state index contributed by atoms with van der Waals surface area (Å²) in [4.78, 5) is 8.07. The van der Waals surface area contributed by atoms with Gasteiger partial charge in [0, 0.05) is 12.4 Å². The van der Waals surface area contributed by atoms with Crippen LogP contribution in [0.5, 0.6) is 0 Å². The molecule has 0 aliphatic heterocycles. The highest BCUT2D eigenvalue weighted by atomic mass is 14.8. The van der Waals surface area contributed by atoms with Gasteiger partial charge in [0.25, 0.3) is 0 Å². The molecule has 66 valence electrons. The van der Waals surface area contributed by atoms with Gasteiger partial charge in [0.05, 0.1) is 11.9 Å². The second-order valence-electron chi connectivity index (χ2n) is 2.05. The average Bonchev–Trinajstić information content (AvgIpc) is 2.13. The van der Waals surface area contributed by atoms with Crippen LogP contribution in [0, 0.1) is 6.92 Å². The van der Waals surface area contributed by atoms with E-state index < -0.39 is 0 Å². The van der Waals surface area contributed by atoms with E-state index in [1.807, 2.05) is 33.8 Å². The molecule has 1 rings (SSSR count). The van der Waals surface area contributed by atoms with Gasteiger partial charge in [-0.2, -0.15) is 0 Å². The molecule has 0 N–H and O–H groups in total. The molecule has 2 nitrogen and oxygen atoms in total. The van der Waals surface area contributed by atoms with Crippen LogP contribution in [0.3, 0.4) is 0 Å². The van der Waals surface area contributed by atoms with Crippen molar-refractivity contribution in [1.29, 1.82) is 0 Å². The summed E-state index contributed by atoms with van der Waals surface area (Å²) in [6.45, 7) is 7.91. The van der Waals surface area contributed by atoms with Crippen molar-refractivity contribution in [1.82, 2.24) is 4.98 Å². The minimum Gasteiger partial charge on any atom is -0.262 e. The molecule has 0 saturated heterocycles. The Bertz CT molecular complexity index is 241. The van der Waals surface area contributed by atoms with E-state index in [0.29, 0.717) is 0 Å². The highest BCUT2D eigenvalue weighted by Gasteiger charge is 1.90. The molecular formula is C10H16N2. The Morgan fingerprint density at radius 3 is 2.58 bits per heavy atom. The lowest BCUT2D eigenvalue weighted by atomic mass is 10.3. The van der Waals surface area contributed by atoms with Crippen LogP contribution in [0.4, 0.5) is 5.69 Å². The van der Waals surface area contributed by atoms with Crippen molar-refractivity contribution in [2.45, 2.75) is 27.7 Å². The molecule has 0 atom stereocenters. The molecular weight excluding hydrogens is 148 g/mol. The van der Waals surface area contributed by atoms with Gasteiger partial charge in [-0.15, -0.1) is 0 Å². The van der Waals surface area contributed by atoms with Crippen molar-refractivity contribution < 1.29 is 0 Å². The Morgan fingerprint density at radius 1 is 1.42 bits per heavy atom. The van der Waals surface area contributed by atoms with E-state index >= 15 is 0 Å². The fraction of sp³-hybridized carbons (Fsp3) is 0.400. The number of nitrogens with zero attached hydrogens (tertiary/aromatic N) is 2. The molecule has 1 heterocycles. The third-order valence-corrected chi connectivity index (χ3v) is 1.28. The quantitative estimate of drug-likeness (QED) is 0.585. The van der Waals surface area contributed by atoms with Crippen molar-refractivity contribution in [3.8, 4) is 0 Å². The van der Waals surface area contributed by atoms with Crippen LogP contribution < -0.4 is 0 Å². The zero-order chi connectivity index (χ0) is 9.40. The summed E-state index contributed by atoms with van der Waals surface area (Å²) in [5, 5.41) is 0. The van der Waals surface area contributed by atoms with Crippen molar-refractivity contribution >= 4 is 11.9 Å². The lowest BCUT2D eigenvalue weighted by molar-refractivity contribution is 1.26. The minimum atomic E-state index is 0.949. The Kier molecular flexibility index (Phi) is 5.88. The van der Waals surface area contributed by atoms with Gasteiger partial charge in [0.15, 0.2) is 0 Å². The van der Waals surface area contributed by atoms with E-state index in [-0.39, 0.29) is 0 Å². The number of hydrogen-bond acceptors (Lipinski definition) is 2. The van der Waals surface area contributed by atoms with E-state index in [4.69, 9.17) is 0 Å². The topological polar surface area (TPSA) is 25.2 Å². The van der Waals surface area contributed by atoms with E-state index in [0.717, 1.165) is 11.3 Å². The van der Waals surface area contributed by atoms with E-state index in [9.17, 15) is 0 Å². The molecule has 12 heavy (non-hydrogen) atoms. The van der Waals surface area contributed by atoms with Gasteiger partial charge in [-0.25, -0.2) is 0 Å². The molecule has 0 aliphatic rings. The molecule has 0 saturated carbocycles. The number of hydrogen-bond donors (Lipinski definition) is 0. The molecule has 0 aliphatic carbocycles. The van der Waals surface area contributed by atoms with Crippen molar-refractivity contribution in [3.05, 3.63) is 24.0 Å². The molecule has 0 spiro atoms. The van der Waals surface area contributed by atoms with Gasteiger partial charge >= 0.3 is 0 Å². The lowest BCUT2D eigenvalue weighted by Gasteiger charge is -1.94.